The lowest BCUT2D eigenvalue weighted by atomic mass is 10.1. The van der Waals surface area contributed by atoms with Gasteiger partial charge in [-0.15, -0.1) is 24.0 Å². The summed E-state index contributed by atoms with van der Waals surface area (Å²) in [7, 11) is 3.94. The van der Waals surface area contributed by atoms with E-state index in [0.29, 0.717) is 5.92 Å². The van der Waals surface area contributed by atoms with Gasteiger partial charge in [-0.05, 0) is 31.2 Å². The Bertz CT molecular complexity index is 493. The van der Waals surface area contributed by atoms with Gasteiger partial charge in [0.25, 0.3) is 0 Å². The number of hydrogen-bond donors (Lipinski definition) is 1. The number of benzene rings is 1. The summed E-state index contributed by atoms with van der Waals surface area (Å²) in [5.41, 5.74) is 1.34. The van der Waals surface area contributed by atoms with E-state index in [1.165, 1.54) is 5.56 Å². The number of nitrogens with one attached hydrogen (secondary N) is 1. The number of unbranched alkanes of at least 4 members (excludes halogenated alkanes) is 1. The van der Waals surface area contributed by atoms with E-state index in [9.17, 15) is 0 Å². The van der Waals surface area contributed by atoms with Crippen molar-refractivity contribution in [3.8, 4) is 0 Å². The molecule has 1 fully saturated rings. The Balaban J connectivity index is 0.00000338. The first-order chi connectivity index (χ1) is 12.3. The highest BCUT2D eigenvalue weighted by Crippen LogP contribution is 2.13. The van der Waals surface area contributed by atoms with Crippen molar-refractivity contribution in [1.29, 1.82) is 0 Å². The summed E-state index contributed by atoms with van der Waals surface area (Å²) in [5, 5.41) is 3.44. The standard InChI is InChI=1S/C20H33N3O2.HI/c1-21-20(23(2)16-19-11-15-25-17-19)22-12-6-7-13-24-14-10-18-8-4-3-5-9-18;/h3-5,8-9,19H,6-7,10-17H2,1-2H3,(H,21,22);1H. The Kier molecular flexibility index (Phi) is 12.7. The fraction of sp³-hybridized carbons (Fsp3) is 0.650. The number of guanidine groups is 1. The summed E-state index contributed by atoms with van der Waals surface area (Å²) in [6.07, 6.45) is 4.30. The summed E-state index contributed by atoms with van der Waals surface area (Å²) in [6.45, 7) is 5.33. The Morgan fingerprint density at radius 1 is 1.27 bits per heavy atom. The molecule has 1 aromatic carbocycles. The van der Waals surface area contributed by atoms with Gasteiger partial charge in [0.2, 0.25) is 0 Å². The van der Waals surface area contributed by atoms with Crippen LogP contribution in [0.4, 0.5) is 0 Å². The van der Waals surface area contributed by atoms with Crippen LogP contribution in [0.3, 0.4) is 0 Å². The first-order valence-corrected chi connectivity index (χ1v) is 9.41. The predicted molar refractivity (Wildman–Crippen MR) is 119 cm³/mol. The third-order valence-electron chi connectivity index (χ3n) is 4.51. The SMILES string of the molecule is CN=C(NCCCCOCCc1ccccc1)N(C)CC1CCOC1.I. The first-order valence-electron chi connectivity index (χ1n) is 9.41. The van der Waals surface area contributed by atoms with E-state index in [2.05, 4.69) is 46.5 Å². The van der Waals surface area contributed by atoms with E-state index in [-0.39, 0.29) is 24.0 Å². The van der Waals surface area contributed by atoms with Crippen LogP contribution in [0.1, 0.15) is 24.8 Å². The summed E-state index contributed by atoms with van der Waals surface area (Å²) in [4.78, 5) is 6.57. The van der Waals surface area contributed by atoms with Gasteiger partial charge in [-0.1, -0.05) is 30.3 Å². The Morgan fingerprint density at radius 3 is 2.77 bits per heavy atom. The summed E-state index contributed by atoms with van der Waals surface area (Å²) in [5.74, 6) is 1.60. The zero-order chi connectivity index (χ0) is 17.7. The number of ether oxygens (including phenoxy) is 2. The Labute approximate surface area is 175 Å². The van der Waals surface area contributed by atoms with E-state index >= 15 is 0 Å². The average Bonchev–Trinajstić information content (AvgIpc) is 3.14. The first kappa shape index (κ1) is 23.2. The molecule has 1 atom stereocenters. The highest BCUT2D eigenvalue weighted by molar-refractivity contribution is 14.0. The largest absolute Gasteiger partial charge is 0.381 e. The number of halogens is 1. The maximum Gasteiger partial charge on any atom is 0.193 e. The van der Waals surface area contributed by atoms with E-state index in [4.69, 9.17) is 9.47 Å². The molecule has 0 spiro atoms. The molecule has 1 heterocycles. The fourth-order valence-electron chi connectivity index (χ4n) is 3.05. The number of rotatable bonds is 10. The van der Waals surface area contributed by atoms with Crippen LogP contribution in [0.5, 0.6) is 0 Å². The van der Waals surface area contributed by atoms with E-state index in [1.54, 1.807) is 0 Å². The van der Waals surface area contributed by atoms with Crippen molar-refractivity contribution < 1.29 is 9.47 Å². The van der Waals surface area contributed by atoms with Gasteiger partial charge in [0, 0.05) is 46.3 Å². The third-order valence-corrected chi connectivity index (χ3v) is 4.51. The van der Waals surface area contributed by atoms with Crippen LogP contribution in [-0.4, -0.2) is 64.5 Å². The van der Waals surface area contributed by atoms with Crippen molar-refractivity contribution in [3.63, 3.8) is 0 Å². The lowest BCUT2D eigenvalue weighted by Crippen LogP contribution is -2.41. The van der Waals surface area contributed by atoms with Crippen molar-refractivity contribution in [3.05, 3.63) is 35.9 Å². The van der Waals surface area contributed by atoms with Gasteiger partial charge < -0.3 is 19.7 Å². The molecule has 1 unspecified atom stereocenters. The normalized spacial score (nSPS) is 17.0. The molecule has 0 amide bonds. The van der Waals surface area contributed by atoms with Gasteiger partial charge >= 0.3 is 0 Å². The lowest BCUT2D eigenvalue weighted by molar-refractivity contribution is 0.133. The smallest absolute Gasteiger partial charge is 0.193 e. The molecule has 0 aromatic heterocycles. The minimum atomic E-state index is 0. The fourth-order valence-corrected chi connectivity index (χ4v) is 3.05. The van der Waals surface area contributed by atoms with E-state index in [0.717, 1.165) is 71.2 Å². The van der Waals surface area contributed by atoms with Crippen LogP contribution >= 0.6 is 24.0 Å². The molecule has 0 aliphatic carbocycles. The van der Waals surface area contributed by atoms with Crippen LogP contribution < -0.4 is 5.32 Å². The molecule has 0 radical (unpaired) electrons. The van der Waals surface area contributed by atoms with Crippen LogP contribution in [0.15, 0.2) is 35.3 Å². The van der Waals surface area contributed by atoms with Crippen LogP contribution in [0.2, 0.25) is 0 Å². The Morgan fingerprint density at radius 2 is 2.08 bits per heavy atom. The van der Waals surface area contributed by atoms with Crippen molar-refractivity contribution in [2.45, 2.75) is 25.7 Å². The molecule has 0 saturated carbocycles. The maximum absolute atomic E-state index is 5.72. The van der Waals surface area contributed by atoms with Gasteiger partial charge in [0.05, 0.1) is 13.2 Å². The number of nitrogens with zero attached hydrogens (tertiary/aromatic N) is 2. The van der Waals surface area contributed by atoms with Crippen molar-refractivity contribution in [2.24, 2.45) is 10.9 Å². The van der Waals surface area contributed by atoms with Gasteiger partial charge in [-0.2, -0.15) is 0 Å². The molecule has 26 heavy (non-hydrogen) atoms. The molecule has 1 aliphatic heterocycles. The summed E-state index contributed by atoms with van der Waals surface area (Å²) >= 11 is 0. The third kappa shape index (κ3) is 9.19. The molecule has 2 rings (SSSR count). The molecule has 1 saturated heterocycles. The van der Waals surface area contributed by atoms with E-state index in [1.807, 2.05) is 13.1 Å². The maximum atomic E-state index is 5.72. The minimum Gasteiger partial charge on any atom is -0.381 e. The lowest BCUT2D eigenvalue weighted by Gasteiger charge is -2.24. The molecule has 0 bridgehead atoms. The van der Waals surface area contributed by atoms with Crippen molar-refractivity contribution in [2.75, 3.05) is 53.6 Å². The van der Waals surface area contributed by atoms with Gasteiger partial charge in [-0.3, -0.25) is 4.99 Å². The van der Waals surface area contributed by atoms with Gasteiger partial charge in [0.1, 0.15) is 0 Å². The van der Waals surface area contributed by atoms with Crippen LogP contribution in [0, 0.1) is 5.92 Å². The highest BCUT2D eigenvalue weighted by atomic mass is 127. The quantitative estimate of drug-likeness (QED) is 0.245. The molecule has 1 N–H and O–H groups in total. The van der Waals surface area contributed by atoms with Crippen LogP contribution in [-0.2, 0) is 15.9 Å². The van der Waals surface area contributed by atoms with Gasteiger partial charge in [0.15, 0.2) is 5.96 Å². The average molecular weight is 475 g/mol. The van der Waals surface area contributed by atoms with Crippen molar-refractivity contribution in [1.82, 2.24) is 10.2 Å². The zero-order valence-corrected chi connectivity index (χ0v) is 18.5. The zero-order valence-electron chi connectivity index (χ0n) is 16.2. The molecular weight excluding hydrogens is 441 g/mol. The monoisotopic (exact) mass is 475 g/mol. The molecular formula is C20H34IN3O2. The highest BCUT2D eigenvalue weighted by Gasteiger charge is 2.18. The second-order valence-electron chi connectivity index (χ2n) is 6.64. The molecule has 1 aromatic rings. The topological polar surface area (TPSA) is 46.1 Å². The summed E-state index contributed by atoms with van der Waals surface area (Å²) < 4.78 is 11.2. The molecule has 6 heteroatoms. The minimum absolute atomic E-state index is 0. The number of hydrogen-bond acceptors (Lipinski definition) is 3. The predicted octanol–water partition coefficient (Wildman–Crippen LogP) is 3.19. The van der Waals surface area contributed by atoms with Crippen LogP contribution in [0.25, 0.3) is 0 Å². The summed E-state index contributed by atoms with van der Waals surface area (Å²) in [6, 6.07) is 10.5. The number of aliphatic imine (C=N–C) groups is 1. The molecule has 5 nitrogen and oxygen atoms in total. The molecule has 1 aliphatic rings. The van der Waals surface area contributed by atoms with E-state index < -0.39 is 0 Å². The van der Waals surface area contributed by atoms with Gasteiger partial charge in [-0.25, -0.2) is 0 Å². The second-order valence-corrected chi connectivity index (χ2v) is 6.64. The second kappa shape index (κ2) is 14.2. The molecule has 148 valence electrons. The van der Waals surface area contributed by atoms with Crippen molar-refractivity contribution >= 4 is 29.9 Å². The Hall–Kier alpha value is -0.860.